The second-order valence-electron chi connectivity index (χ2n) is 6.75. The van der Waals surface area contributed by atoms with Crippen molar-refractivity contribution in [1.29, 1.82) is 0 Å². The van der Waals surface area contributed by atoms with Crippen molar-refractivity contribution >= 4 is 15.5 Å². The number of aryl methyl sites for hydroxylation is 1. The summed E-state index contributed by atoms with van der Waals surface area (Å²) in [5.74, 6) is 0.439. The van der Waals surface area contributed by atoms with Gasteiger partial charge in [-0.15, -0.1) is 0 Å². The Morgan fingerprint density at radius 1 is 1.29 bits per heavy atom. The topological polar surface area (TPSA) is 94.6 Å². The zero-order chi connectivity index (χ0) is 19.7. The van der Waals surface area contributed by atoms with Gasteiger partial charge in [0.05, 0.1) is 30.8 Å². The first kappa shape index (κ1) is 18.6. The monoisotopic (exact) mass is 402 g/mol. The number of ether oxygens (including phenoxy) is 1. The number of allylic oxidation sites excluding steroid dienone is 1. The molecule has 1 atom stereocenters. The van der Waals surface area contributed by atoms with E-state index < -0.39 is 10.0 Å². The summed E-state index contributed by atoms with van der Waals surface area (Å²) in [4.78, 5) is 4.66. The molecule has 28 heavy (non-hydrogen) atoms. The first-order valence-electron chi connectivity index (χ1n) is 9.09. The summed E-state index contributed by atoms with van der Waals surface area (Å²) in [6.45, 7) is 2.49. The van der Waals surface area contributed by atoms with Crippen LogP contribution in [0.15, 0.2) is 42.3 Å². The highest BCUT2D eigenvalue weighted by Gasteiger charge is 2.29. The van der Waals surface area contributed by atoms with Crippen LogP contribution < -0.4 is 4.74 Å². The molecule has 1 fully saturated rings. The molecule has 0 aliphatic carbocycles. The van der Waals surface area contributed by atoms with Gasteiger partial charge in [0.15, 0.2) is 0 Å². The van der Waals surface area contributed by atoms with Crippen LogP contribution in [0.5, 0.6) is 5.88 Å². The number of hydrogen-bond acceptors (Lipinski definition) is 6. The van der Waals surface area contributed by atoms with Gasteiger partial charge in [0.1, 0.15) is 11.6 Å². The van der Waals surface area contributed by atoms with Crippen molar-refractivity contribution in [3.05, 3.63) is 42.3 Å². The Labute approximate surface area is 163 Å². The molecule has 1 aliphatic rings. The largest absolute Gasteiger partial charge is 0.471 e. The maximum Gasteiger partial charge on any atom is 0.241 e. The van der Waals surface area contributed by atoms with E-state index in [1.807, 2.05) is 25.5 Å². The lowest BCUT2D eigenvalue weighted by molar-refractivity contribution is 0.126. The molecule has 4 heterocycles. The Balaban J connectivity index is 1.63. The van der Waals surface area contributed by atoms with Gasteiger partial charge < -0.3 is 4.74 Å². The Morgan fingerprint density at radius 3 is 2.89 bits per heavy atom. The average Bonchev–Trinajstić information content (AvgIpc) is 3.31. The standard InChI is InChI=1S/C18H22N6O3S/c1-3-9-28(25,26)23-8-4-5-15(12-23)27-18-17-6-7-19-24(17)13-16(21-18)14-10-20-22(2)11-14/h3,6-7,9-11,13,15H,4-5,8,12H2,1-2H3/b9-3+. The number of piperidine rings is 1. The predicted molar refractivity (Wildman–Crippen MR) is 104 cm³/mol. The van der Waals surface area contributed by atoms with Crippen LogP contribution >= 0.6 is 0 Å². The molecular formula is C18H22N6O3S. The molecule has 0 spiro atoms. The lowest BCUT2D eigenvalue weighted by Gasteiger charge is -2.31. The van der Waals surface area contributed by atoms with Crippen molar-refractivity contribution in [3.63, 3.8) is 0 Å². The molecule has 1 unspecified atom stereocenters. The Kier molecular flexibility index (Phi) is 4.90. The Bertz CT molecular complexity index is 1120. The molecule has 0 saturated carbocycles. The maximum absolute atomic E-state index is 12.3. The summed E-state index contributed by atoms with van der Waals surface area (Å²) in [6, 6.07) is 1.83. The number of hydrogen-bond donors (Lipinski definition) is 0. The summed E-state index contributed by atoms with van der Waals surface area (Å²) < 4.78 is 35.7. The second kappa shape index (κ2) is 7.36. The molecule has 3 aromatic heterocycles. The molecule has 0 aromatic carbocycles. The van der Waals surface area contributed by atoms with Crippen molar-refractivity contribution < 1.29 is 13.2 Å². The highest BCUT2D eigenvalue weighted by Crippen LogP contribution is 2.26. The zero-order valence-corrected chi connectivity index (χ0v) is 16.6. The molecule has 1 aliphatic heterocycles. The Hall–Kier alpha value is -2.72. The van der Waals surface area contributed by atoms with Crippen LogP contribution in [0.2, 0.25) is 0 Å². The molecule has 3 aromatic rings. The van der Waals surface area contributed by atoms with Crippen molar-refractivity contribution in [2.75, 3.05) is 13.1 Å². The van der Waals surface area contributed by atoms with Crippen LogP contribution in [0.1, 0.15) is 19.8 Å². The quantitative estimate of drug-likeness (QED) is 0.646. The fourth-order valence-corrected chi connectivity index (χ4v) is 4.60. The third kappa shape index (κ3) is 3.65. The van der Waals surface area contributed by atoms with Crippen molar-refractivity contribution in [2.45, 2.75) is 25.9 Å². The number of aromatic nitrogens is 5. The van der Waals surface area contributed by atoms with E-state index in [2.05, 4.69) is 15.2 Å². The van der Waals surface area contributed by atoms with Crippen molar-refractivity contribution in [2.24, 2.45) is 7.05 Å². The van der Waals surface area contributed by atoms with Crippen LogP contribution in [0.25, 0.3) is 16.8 Å². The van der Waals surface area contributed by atoms with Gasteiger partial charge in [-0.3, -0.25) is 4.68 Å². The number of nitrogens with zero attached hydrogens (tertiary/aromatic N) is 6. The van der Waals surface area contributed by atoms with Gasteiger partial charge in [0, 0.05) is 30.8 Å². The maximum atomic E-state index is 12.3. The minimum atomic E-state index is -3.41. The molecule has 148 valence electrons. The molecule has 0 bridgehead atoms. The molecule has 1 saturated heterocycles. The minimum absolute atomic E-state index is 0.274. The molecular weight excluding hydrogens is 380 g/mol. The van der Waals surface area contributed by atoms with E-state index in [0.29, 0.717) is 24.7 Å². The van der Waals surface area contributed by atoms with Gasteiger partial charge in [-0.1, -0.05) is 6.08 Å². The fraction of sp³-hybridized carbons (Fsp3) is 0.389. The van der Waals surface area contributed by atoms with Crippen LogP contribution in [0.3, 0.4) is 0 Å². The summed E-state index contributed by atoms with van der Waals surface area (Å²) in [7, 11) is -1.57. The van der Waals surface area contributed by atoms with E-state index in [1.165, 1.54) is 15.8 Å². The number of fused-ring (bicyclic) bond motifs is 1. The molecule has 0 N–H and O–H groups in total. The summed E-state index contributed by atoms with van der Waals surface area (Å²) in [5.41, 5.74) is 2.28. The van der Waals surface area contributed by atoms with Crippen LogP contribution in [-0.4, -0.2) is 56.3 Å². The SMILES string of the molecule is C/C=C/S(=O)(=O)N1CCCC(Oc2nc(-c3cnn(C)c3)cn3nccc23)C1. The lowest BCUT2D eigenvalue weighted by atomic mass is 10.1. The summed E-state index contributed by atoms with van der Waals surface area (Å²) in [5, 5.41) is 9.71. The molecule has 0 amide bonds. The molecule has 4 rings (SSSR count). The van der Waals surface area contributed by atoms with Gasteiger partial charge in [-0.05, 0) is 25.8 Å². The van der Waals surface area contributed by atoms with E-state index in [-0.39, 0.29) is 6.10 Å². The first-order valence-corrected chi connectivity index (χ1v) is 10.6. The smallest absolute Gasteiger partial charge is 0.241 e. The van der Waals surface area contributed by atoms with Crippen LogP contribution in [-0.2, 0) is 17.1 Å². The van der Waals surface area contributed by atoms with Crippen molar-refractivity contribution in [1.82, 2.24) is 28.7 Å². The molecule has 0 radical (unpaired) electrons. The van der Waals surface area contributed by atoms with Crippen LogP contribution in [0, 0.1) is 0 Å². The molecule has 10 heteroatoms. The Morgan fingerprint density at radius 2 is 2.14 bits per heavy atom. The van der Waals surface area contributed by atoms with Gasteiger partial charge in [0.2, 0.25) is 15.9 Å². The predicted octanol–water partition coefficient (Wildman–Crippen LogP) is 1.84. The van der Waals surface area contributed by atoms with Gasteiger partial charge >= 0.3 is 0 Å². The van der Waals surface area contributed by atoms with E-state index in [9.17, 15) is 8.42 Å². The van der Waals surface area contributed by atoms with E-state index in [0.717, 1.165) is 23.9 Å². The van der Waals surface area contributed by atoms with Gasteiger partial charge in [-0.2, -0.15) is 14.5 Å². The third-order valence-electron chi connectivity index (χ3n) is 4.64. The fourth-order valence-electron chi connectivity index (χ4n) is 3.33. The minimum Gasteiger partial charge on any atom is -0.471 e. The number of rotatable bonds is 5. The van der Waals surface area contributed by atoms with Crippen molar-refractivity contribution in [3.8, 4) is 17.1 Å². The third-order valence-corrected chi connectivity index (χ3v) is 6.31. The van der Waals surface area contributed by atoms with E-state index >= 15 is 0 Å². The highest BCUT2D eigenvalue weighted by atomic mass is 32.2. The second-order valence-corrected chi connectivity index (χ2v) is 8.57. The van der Waals surface area contributed by atoms with Gasteiger partial charge in [0.25, 0.3) is 0 Å². The lowest BCUT2D eigenvalue weighted by Crippen LogP contribution is -2.43. The highest BCUT2D eigenvalue weighted by molar-refractivity contribution is 7.92. The molecule has 9 nitrogen and oxygen atoms in total. The first-order chi connectivity index (χ1) is 13.5. The van der Waals surface area contributed by atoms with Crippen LogP contribution in [0.4, 0.5) is 0 Å². The average molecular weight is 402 g/mol. The van der Waals surface area contributed by atoms with E-state index in [1.54, 1.807) is 28.5 Å². The zero-order valence-electron chi connectivity index (χ0n) is 15.8. The van der Waals surface area contributed by atoms with E-state index in [4.69, 9.17) is 4.74 Å². The normalized spacial score (nSPS) is 18.9. The van der Waals surface area contributed by atoms with Gasteiger partial charge in [-0.25, -0.2) is 17.9 Å². The summed E-state index contributed by atoms with van der Waals surface area (Å²) >= 11 is 0. The number of sulfonamides is 1. The summed E-state index contributed by atoms with van der Waals surface area (Å²) in [6.07, 6.45) is 9.86.